The second-order valence-electron chi connectivity index (χ2n) is 6.11. The van der Waals surface area contributed by atoms with Gasteiger partial charge in [0.25, 0.3) is 0 Å². The molecule has 5 heteroatoms. The zero-order valence-corrected chi connectivity index (χ0v) is 13.9. The molecule has 1 atom stereocenters. The van der Waals surface area contributed by atoms with E-state index in [9.17, 15) is 0 Å². The van der Waals surface area contributed by atoms with Gasteiger partial charge in [0.15, 0.2) is 0 Å². The Hall–Kier alpha value is -2.79. The van der Waals surface area contributed by atoms with Crippen molar-refractivity contribution in [3.8, 4) is 28.5 Å². The summed E-state index contributed by atoms with van der Waals surface area (Å²) >= 11 is 0. The van der Waals surface area contributed by atoms with Gasteiger partial charge in [0, 0.05) is 18.7 Å². The maximum absolute atomic E-state index is 5.88. The summed E-state index contributed by atoms with van der Waals surface area (Å²) in [7, 11) is 0. The molecule has 1 fully saturated rings. The van der Waals surface area contributed by atoms with Crippen LogP contribution in [-0.2, 0) is 4.74 Å². The van der Waals surface area contributed by atoms with Crippen molar-refractivity contribution in [2.45, 2.75) is 6.42 Å². The van der Waals surface area contributed by atoms with Crippen LogP contribution in [0.3, 0.4) is 0 Å². The number of aromatic amines is 1. The molecule has 2 aromatic carbocycles. The third-order valence-corrected chi connectivity index (χ3v) is 4.24. The van der Waals surface area contributed by atoms with E-state index in [1.165, 1.54) is 0 Å². The molecule has 5 nitrogen and oxygen atoms in total. The molecule has 1 N–H and O–H groups in total. The van der Waals surface area contributed by atoms with Crippen molar-refractivity contribution in [2.75, 3.05) is 19.8 Å². The average Bonchev–Trinajstić information content (AvgIpc) is 3.36. The maximum atomic E-state index is 5.88. The van der Waals surface area contributed by atoms with E-state index in [1.54, 1.807) is 6.20 Å². The summed E-state index contributed by atoms with van der Waals surface area (Å²) in [6, 6.07) is 17.5. The zero-order valence-electron chi connectivity index (χ0n) is 13.9. The Morgan fingerprint density at radius 2 is 1.68 bits per heavy atom. The Morgan fingerprint density at radius 1 is 0.960 bits per heavy atom. The fourth-order valence-corrected chi connectivity index (χ4v) is 2.79. The number of hydrogen-bond donors (Lipinski definition) is 1. The average molecular weight is 336 g/mol. The fourth-order valence-electron chi connectivity index (χ4n) is 2.79. The van der Waals surface area contributed by atoms with Gasteiger partial charge in [0.2, 0.25) is 0 Å². The van der Waals surface area contributed by atoms with Gasteiger partial charge in [-0.25, -0.2) is 0 Å². The predicted molar refractivity (Wildman–Crippen MR) is 95.0 cm³/mol. The topological polar surface area (TPSA) is 56.4 Å². The molecule has 128 valence electrons. The Bertz CT molecular complexity index is 777. The lowest BCUT2D eigenvalue weighted by Crippen LogP contribution is -2.11. The Balaban J connectivity index is 1.34. The second kappa shape index (κ2) is 7.40. The number of ether oxygens (including phenoxy) is 3. The van der Waals surface area contributed by atoms with Crippen LogP contribution < -0.4 is 9.47 Å². The van der Waals surface area contributed by atoms with Gasteiger partial charge < -0.3 is 14.2 Å². The summed E-state index contributed by atoms with van der Waals surface area (Å²) in [6.45, 7) is 2.35. The Morgan fingerprint density at radius 3 is 2.32 bits per heavy atom. The van der Waals surface area contributed by atoms with E-state index in [1.807, 2.05) is 54.6 Å². The SMILES string of the molecule is c1cc(-c2ccc(Oc3ccc(OCC4CCOC4)cc3)cc2)[nH]n1. The van der Waals surface area contributed by atoms with Gasteiger partial charge in [-0.3, -0.25) is 5.10 Å². The number of nitrogens with zero attached hydrogens (tertiary/aromatic N) is 1. The minimum atomic E-state index is 0.504. The number of hydrogen-bond acceptors (Lipinski definition) is 4. The van der Waals surface area contributed by atoms with Crippen molar-refractivity contribution >= 4 is 0 Å². The second-order valence-corrected chi connectivity index (χ2v) is 6.11. The van der Waals surface area contributed by atoms with Gasteiger partial charge in [0.05, 0.1) is 18.9 Å². The van der Waals surface area contributed by atoms with E-state index < -0.39 is 0 Å². The van der Waals surface area contributed by atoms with Gasteiger partial charge in [-0.05, 0) is 66.6 Å². The highest BCUT2D eigenvalue weighted by Gasteiger charge is 2.16. The first-order valence-corrected chi connectivity index (χ1v) is 8.45. The van der Waals surface area contributed by atoms with Crippen molar-refractivity contribution < 1.29 is 14.2 Å². The first-order chi connectivity index (χ1) is 12.4. The quantitative estimate of drug-likeness (QED) is 0.730. The highest BCUT2D eigenvalue weighted by molar-refractivity contribution is 5.59. The molecule has 0 bridgehead atoms. The van der Waals surface area contributed by atoms with Crippen molar-refractivity contribution in [1.82, 2.24) is 10.2 Å². The molecule has 3 aromatic rings. The largest absolute Gasteiger partial charge is 0.493 e. The number of H-pyrrole nitrogens is 1. The molecule has 1 aromatic heterocycles. The van der Waals surface area contributed by atoms with Gasteiger partial charge >= 0.3 is 0 Å². The van der Waals surface area contributed by atoms with E-state index >= 15 is 0 Å². The summed E-state index contributed by atoms with van der Waals surface area (Å²) in [5.74, 6) is 2.93. The normalized spacial score (nSPS) is 16.7. The van der Waals surface area contributed by atoms with Gasteiger partial charge in [-0.15, -0.1) is 0 Å². The van der Waals surface area contributed by atoms with Crippen molar-refractivity contribution in [1.29, 1.82) is 0 Å². The molecular formula is C20H20N2O3. The summed E-state index contributed by atoms with van der Waals surface area (Å²) in [5, 5.41) is 6.91. The van der Waals surface area contributed by atoms with E-state index in [4.69, 9.17) is 14.2 Å². The first kappa shape index (κ1) is 15.7. The molecule has 1 aliphatic heterocycles. The Kier molecular flexibility index (Phi) is 4.65. The molecule has 0 radical (unpaired) electrons. The molecule has 1 unspecified atom stereocenters. The van der Waals surface area contributed by atoms with E-state index in [0.29, 0.717) is 12.5 Å². The molecular weight excluding hydrogens is 316 g/mol. The predicted octanol–water partition coefficient (Wildman–Crippen LogP) is 4.28. The maximum Gasteiger partial charge on any atom is 0.127 e. The standard InChI is InChI=1S/C20H20N2O3/c1-3-18(4-2-16(1)20-9-11-21-22-20)25-19-7-5-17(6-8-19)24-14-15-10-12-23-13-15/h1-9,11,15H,10,12-14H2,(H,21,22). The number of rotatable bonds is 6. The molecule has 2 heterocycles. The highest BCUT2D eigenvalue weighted by Crippen LogP contribution is 2.26. The summed E-state index contributed by atoms with van der Waals surface area (Å²) in [5.41, 5.74) is 2.06. The lowest BCUT2D eigenvalue weighted by molar-refractivity contribution is 0.167. The summed E-state index contributed by atoms with van der Waals surface area (Å²) < 4.78 is 17.0. The van der Waals surface area contributed by atoms with Crippen LogP contribution in [0.2, 0.25) is 0 Å². The van der Waals surface area contributed by atoms with Crippen LogP contribution in [0.5, 0.6) is 17.2 Å². The molecule has 0 aliphatic carbocycles. The van der Waals surface area contributed by atoms with Crippen LogP contribution in [0.1, 0.15) is 6.42 Å². The van der Waals surface area contributed by atoms with Crippen LogP contribution in [0.15, 0.2) is 60.8 Å². The molecule has 1 saturated heterocycles. The van der Waals surface area contributed by atoms with E-state index in [0.717, 1.165) is 48.1 Å². The van der Waals surface area contributed by atoms with Gasteiger partial charge in [-0.2, -0.15) is 5.10 Å². The van der Waals surface area contributed by atoms with E-state index in [2.05, 4.69) is 10.2 Å². The molecule has 0 amide bonds. The Labute approximate surface area is 146 Å². The molecule has 1 aliphatic rings. The van der Waals surface area contributed by atoms with Crippen LogP contribution in [0, 0.1) is 5.92 Å². The third kappa shape index (κ3) is 4.00. The zero-order chi connectivity index (χ0) is 16.9. The van der Waals surface area contributed by atoms with Crippen molar-refractivity contribution in [2.24, 2.45) is 5.92 Å². The van der Waals surface area contributed by atoms with Crippen LogP contribution in [0.25, 0.3) is 11.3 Å². The monoisotopic (exact) mass is 336 g/mol. The first-order valence-electron chi connectivity index (χ1n) is 8.45. The number of aromatic nitrogens is 2. The minimum absolute atomic E-state index is 0.504. The number of nitrogens with one attached hydrogen (secondary N) is 1. The molecule has 25 heavy (non-hydrogen) atoms. The van der Waals surface area contributed by atoms with Gasteiger partial charge in [0.1, 0.15) is 17.2 Å². The van der Waals surface area contributed by atoms with Crippen LogP contribution in [-0.4, -0.2) is 30.0 Å². The van der Waals surface area contributed by atoms with Crippen molar-refractivity contribution in [3.63, 3.8) is 0 Å². The minimum Gasteiger partial charge on any atom is -0.493 e. The lowest BCUT2D eigenvalue weighted by atomic mass is 10.1. The van der Waals surface area contributed by atoms with Crippen molar-refractivity contribution in [3.05, 3.63) is 60.8 Å². The highest BCUT2D eigenvalue weighted by atomic mass is 16.5. The molecule has 0 saturated carbocycles. The summed E-state index contributed by atoms with van der Waals surface area (Å²) in [6.07, 6.45) is 2.82. The van der Waals surface area contributed by atoms with Crippen LogP contribution >= 0.6 is 0 Å². The smallest absolute Gasteiger partial charge is 0.127 e. The van der Waals surface area contributed by atoms with E-state index in [-0.39, 0.29) is 0 Å². The molecule has 0 spiro atoms. The van der Waals surface area contributed by atoms with Gasteiger partial charge in [-0.1, -0.05) is 0 Å². The fraction of sp³-hybridized carbons (Fsp3) is 0.250. The molecule has 4 rings (SSSR count). The number of benzene rings is 2. The lowest BCUT2D eigenvalue weighted by Gasteiger charge is -2.11. The third-order valence-electron chi connectivity index (χ3n) is 4.24. The van der Waals surface area contributed by atoms with Crippen LogP contribution in [0.4, 0.5) is 0 Å². The summed E-state index contributed by atoms with van der Waals surface area (Å²) in [4.78, 5) is 0.